The van der Waals surface area contributed by atoms with E-state index in [0.29, 0.717) is 37.6 Å². The molecule has 0 unspecified atom stereocenters. The number of methoxy groups -OCH3 is 1. The highest BCUT2D eigenvalue weighted by Gasteiger charge is 2.08. The number of amides is 1. The summed E-state index contributed by atoms with van der Waals surface area (Å²) in [5, 5.41) is 2.98. The number of nitrogens with two attached hydrogens (primary N) is 1. The molecule has 0 aliphatic rings. The van der Waals surface area contributed by atoms with Gasteiger partial charge in [-0.3, -0.25) is 4.79 Å². The molecule has 0 saturated carbocycles. The summed E-state index contributed by atoms with van der Waals surface area (Å²) in [4.78, 5) is 12.1. The molecule has 0 radical (unpaired) electrons. The normalized spacial score (nSPS) is 10.4. The number of nitrogens with one attached hydrogen (secondary N) is 1. The Kier molecular flexibility index (Phi) is 8.49. The number of hydrogen-bond donors (Lipinski definition) is 2. The highest BCUT2D eigenvalue weighted by atomic mass is 16.5. The smallest absolute Gasteiger partial charge is 0.224 e. The monoisotopic (exact) mass is 356 g/mol. The van der Waals surface area contributed by atoms with Gasteiger partial charge in [0.25, 0.3) is 0 Å². The zero-order chi connectivity index (χ0) is 18.6. The average Bonchev–Trinajstić information content (AvgIpc) is 2.67. The summed E-state index contributed by atoms with van der Waals surface area (Å²) in [5.41, 5.74) is 7.67. The number of rotatable bonds is 11. The van der Waals surface area contributed by atoms with Gasteiger partial charge in [-0.15, -0.1) is 0 Å². The van der Waals surface area contributed by atoms with E-state index in [4.69, 9.17) is 15.2 Å². The Morgan fingerprint density at radius 1 is 1.04 bits per heavy atom. The second-order valence-electron chi connectivity index (χ2n) is 6.09. The van der Waals surface area contributed by atoms with Crippen LogP contribution in [0.5, 0.6) is 11.5 Å². The predicted octanol–water partition coefficient (Wildman–Crippen LogP) is 2.71. The Balaban J connectivity index is 1.71. The maximum atomic E-state index is 12.1. The van der Waals surface area contributed by atoms with Crippen molar-refractivity contribution < 1.29 is 14.3 Å². The number of benzene rings is 2. The van der Waals surface area contributed by atoms with E-state index in [-0.39, 0.29) is 5.91 Å². The Bertz CT molecular complexity index is 674. The van der Waals surface area contributed by atoms with Crippen LogP contribution >= 0.6 is 0 Å². The average molecular weight is 356 g/mol. The first-order chi connectivity index (χ1) is 12.7. The van der Waals surface area contributed by atoms with Crippen molar-refractivity contribution in [1.82, 2.24) is 5.32 Å². The second kappa shape index (κ2) is 11.2. The third-order valence-electron chi connectivity index (χ3n) is 4.03. The molecule has 5 nitrogen and oxygen atoms in total. The lowest BCUT2D eigenvalue weighted by Crippen LogP contribution is -2.26. The van der Waals surface area contributed by atoms with Crippen LogP contribution in [0.4, 0.5) is 0 Å². The van der Waals surface area contributed by atoms with E-state index in [1.807, 2.05) is 24.3 Å². The second-order valence-corrected chi connectivity index (χ2v) is 6.09. The van der Waals surface area contributed by atoms with Crippen LogP contribution in [-0.4, -0.2) is 32.7 Å². The van der Waals surface area contributed by atoms with Gasteiger partial charge in [0.1, 0.15) is 6.61 Å². The van der Waals surface area contributed by atoms with Crippen LogP contribution in [0.2, 0.25) is 0 Å². The third kappa shape index (κ3) is 6.76. The fourth-order valence-corrected chi connectivity index (χ4v) is 2.68. The predicted molar refractivity (Wildman–Crippen MR) is 104 cm³/mol. The molecule has 0 aromatic heterocycles. The number of aryl methyl sites for hydroxylation is 1. The minimum Gasteiger partial charge on any atom is -0.493 e. The van der Waals surface area contributed by atoms with Crippen LogP contribution in [0.3, 0.4) is 0 Å². The van der Waals surface area contributed by atoms with Gasteiger partial charge in [-0.25, -0.2) is 0 Å². The van der Waals surface area contributed by atoms with Crippen molar-refractivity contribution in [3.05, 3.63) is 59.7 Å². The number of hydrogen-bond acceptors (Lipinski definition) is 4. The van der Waals surface area contributed by atoms with E-state index in [1.54, 1.807) is 7.11 Å². The van der Waals surface area contributed by atoms with Crippen LogP contribution in [0.1, 0.15) is 24.0 Å². The van der Waals surface area contributed by atoms with E-state index in [0.717, 1.165) is 24.8 Å². The first kappa shape index (κ1) is 19.8. The van der Waals surface area contributed by atoms with Crippen LogP contribution in [0.25, 0.3) is 0 Å². The van der Waals surface area contributed by atoms with Gasteiger partial charge in [0.15, 0.2) is 11.5 Å². The Hall–Kier alpha value is -2.53. The molecular weight excluding hydrogens is 328 g/mol. The maximum absolute atomic E-state index is 12.1. The van der Waals surface area contributed by atoms with Gasteiger partial charge in [0.2, 0.25) is 5.91 Å². The Morgan fingerprint density at radius 2 is 1.85 bits per heavy atom. The molecular formula is C21H28N2O3. The quantitative estimate of drug-likeness (QED) is 0.607. The van der Waals surface area contributed by atoms with Crippen LogP contribution in [0, 0.1) is 0 Å². The van der Waals surface area contributed by atoms with Crippen molar-refractivity contribution in [3.8, 4) is 11.5 Å². The van der Waals surface area contributed by atoms with Gasteiger partial charge >= 0.3 is 0 Å². The van der Waals surface area contributed by atoms with Crippen molar-refractivity contribution in [1.29, 1.82) is 0 Å². The van der Waals surface area contributed by atoms with Gasteiger partial charge in [0, 0.05) is 13.1 Å². The van der Waals surface area contributed by atoms with E-state index in [2.05, 4.69) is 29.6 Å². The van der Waals surface area contributed by atoms with Gasteiger partial charge in [-0.05, 0) is 42.5 Å². The Morgan fingerprint density at radius 3 is 2.58 bits per heavy atom. The van der Waals surface area contributed by atoms with Crippen molar-refractivity contribution in [2.75, 3.05) is 26.8 Å². The molecule has 0 spiro atoms. The summed E-state index contributed by atoms with van der Waals surface area (Å²) >= 11 is 0. The molecule has 26 heavy (non-hydrogen) atoms. The van der Waals surface area contributed by atoms with Gasteiger partial charge in [0.05, 0.1) is 13.5 Å². The Labute approximate surface area is 155 Å². The molecule has 3 N–H and O–H groups in total. The summed E-state index contributed by atoms with van der Waals surface area (Å²) in [6.07, 6.45) is 3.39. The molecule has 0 bridgehead atoms. The molecule has 0 atom stereocenters. The summed E-state index contributed by atoms with van der Waals surface area (Å²) in [6.45, 7) is 1.57. The first-order valence-corrected chi connectivity index (χ1v) is 9.03. The molecule has 0 aliphatic carbocycles. The number of carbonyl (C=O) groups excluding carboxylic acids is 1. The number of ether oxygens (including phenoxy) is 2. The first-order valence-electron chi connectivity index (χ1n) is 9.03. The van der Waals surface area contributed by atoms with Crippen LogP contribution in [0.15, 0.2) is 48.5 Å². The van der Waals surface area contributed by atoms with Crippen LogP contribution in [-0.2, 0) is 17.6 Å². The van der Waals surface area contributed by atoms with Gasteiger partial charge < -0.3 is 20.5 Å². The minimum absolute atomic E-state index is 0.0161. The molecule has 0 aliphatic heterocycles. The zero-order valence-electron chi connectivity index (χ0n) is 15.4. The minimum atomic E-state index is 0.0161. The highest BCUT2D eigenvalue weighted by molar-refractivity contribution is 5.78. The lowest BCUT2D eigenvalue weighted by Gasteiger charge is -2.12. The molecule has 1 amide bonds. The molecule has 0 saturated heterocycles. The molecule has 2 aromatic carbocycles. The highest BCUT2D eigenvalue weighted by Crippen LogP contribution is 2.28. The van der Waals surface area contributed by atoms with Crippen molar-refractivity contribution >= 4 is 5.91 Å². The summed E-state index contributed by atoms with van der Waals surface area (Å²) in [5.74, 6) is 1.28. The van der Waals surface area contributed by atoms with E-state index < -0.39 is 0 Å². The maximum Gasteiger partial charge on any atom is 0.224 e. The summed E-state index contributed by atoms with van der Waals surface area (Å²) in [7, 11) is 1.58. The zero-order valence-corrected chi connectivity index (χ0v) is 15.4. The van der Waals surface area contributed by atoms with E-state index in [1.165, 1.54) is 5.56 Å². The third-order valence-corrected chi connectivity index (χ3v) is 4.03. The van der Waals surface area contributed by atoms with E-state index >= 15 is 0 Å². The van der Waals surface area contributed by atoms with Crippen LogP contribution < -0.4 is 20.5 Å². The lowest BCUT2D eigenvalue weighted by molar-refractivity contribution is -0.120. The molecule has 2 rings (SSSR count). The SMILES string of the molecule is COc1cc(CC(=O)NCCCCc2ccccc2)ccc1OCCN. The van der Waals surface area contributed by atoms with Gasteiger partial charge in [-0.2, -0.15) is 0 Å². The van der Waals surface area contributed by atoms with Crippen molar-refractivity contribution in [2.45, 2.75) is 25.7 Å². The molecule has 0 heterocycles. The van der Waals surface area contributed by atoms with E-state index in [9.17, 15) is 4.79 Å². The molecule has 140 valence electrons. The summed E-state index contributed by atoms with van der Waals surface area (Å²) in [6, 6.07) is 15.9. The molecule has 0 fully saturated rings. The number of unbranched alkanes of at least 4 members (excludes halogenated alkanes) is 1. The fourth-order valence-electron chi connectivity index (χ4n) is 2.68. The summed E-state index contributed by atoms with van der Waals surface area (Å²) < 4.78 is 10.8. The lowest BCUT2D eigenvalue weighted by atomic mass is 10.1. The van der Waals surface area contributed by atoms with Gasteiger partial charge in [-0.1, -0.05) is 36.4 Å². The largest absolute Gasteiger partial charge is 0.493 e. The van der Waals surface area contributed by atoms with Crippen molar-refractivity contribution in [3.63, 3.8) is 0 Å². The fraction of sp³-hybridized carbons (Fsp3) is 0.381. The standard InChI is InChI=1S/C21H28N2O3/c1-25-20-15-18(10-11-19(20)26-14-12-22)16-21(24)23-13-6-5-9-17-7-3-2-4-8-17/h2-4,7-8,10-11,15H,5-6,9,12-14,16,22H2,1H3,(H,23,24). The number of carbonyl (C=O) groups is 1. The topological polar surface area (TPSA) is 73.6 Å². The molecule has 5 heteroatoms. The molecule has 2 aromatic rings. The van der Waals surface area contributed by atoms with Crippen molar-refractivity contribution in [2.24, 2.45) is 5.73 Å².